The van der Waals surface area contributed by atoms with E-state index >= 15 is 0 Å². The molecular weight excluding hydrogens is 317 g/mol. The molecule has 0 bridgehead atoms. The molecule has 128 valence electrons. The Morgan fingerprint density at radius 1 is 1.04 bits per heavy atom. The minimum Gasteiger partial charge on any atom is -0.368 e. The molecule has 2 heterocycles. The summed E-state index contributed by atoms with van der Waals surface area (Å²) in [5, 5.41) is 0.850. The molecule has 1 saturated heterocycles. The summed E-state index contributed by atoms with van der Waals surface area (Å²) < 4.78 is 13.3. The first-order valence-corrected chi connectivity index (χ1v) is 8.49. The van der Waals surface area contributed by atoms with Crippen LogP contribution in [0.1, 0.15) is 16.1 Å². The average molecular weight is 337 g/mol. The van der Waals surface area contributed by atoms with Crippen LogP contribution in [0.15, 0.2) is 48.5 Å². The monoisotopic (exact) mass is 337 g/mol. The van der Waals surface area contributed by atoms with Crippen LogP contribution in [0.4, 0.5) is 10.1 Å². The van der Waals surface area contributed by atoms with Crippen LogP contribution in [0.25, 0.3) is 10.9 Å². The Morgan fingerprint density at radius 3 is 2.60 bits per heavy atom. The molecule has 3 aromatic rings. The smallest absolute Gasteiger partial charge is 0.270 e. The third-order valence-corrected chi connectivity index (χ3v) is 4.75. The van der Waals surface area contributed by atoms with Crippen LogP contribution >= 0.6 is 0 Å². The Hall–Kier alpha value is -2.82. The molecule has 5 heteroatoms. The van der Waals surface area contributed by atoms with E-state index in [1.54, 1.807) is 12.1 Å². The molecule has 1 aromatic heterocycles. The van der Waals surface area contributed by atoms with Crippen molar-refractivity contribution in [2.45, 2.75) is 6.92 Å². The van der Waals surface area contributed by atoms with Crippen molar-refractivity contribution in [1.82, 2.24) is 9.88 Å². The van der Waals surface area contributed by atoms with E-state index in [2.05, 4.69) is 41.1 Å². The van der Waals surface area contributed by atoms with Gasteiger partial charge in [0.25, 0.3) is 5.91 Å². The fraction of sp³-hybridized carbons (Fsp3) is 0.250. The summed E-state index contributed by atoms with van der Waals surface area (Å²) in [5.41, 5.74) is 3.61. The number of hydrogen-bond donors (Lipinski definition) is 1. The van der Waals surface area contributed by atoms with Gasteiger partial charge in [-0.25, -0.2) is 4.39 Å². The second-order valence-corrected chi connectivity index (χ2v) is 6.53. The van der Waals surface area contributed by atoms with E-state index in [-0.39, 0.29) is 11.7 Å². The van der Waals surface area contributed by atoms with Gasteiger partial charge in [0.1, 0.15) is 11.5 Å². The number of piperazine rings is 1. The van der Waals surface area contributed by atoms with Crippen LogP contribution < -0.4 is 4.90 Å². The lowest BCUT2D eigenvalue weighted by molar-refractivity contribution is 0.0742. The van der Waals surface area contributed by atoms with E-state index in [4.69, 9.17) is 0 Å². The molecule has 4 rings (SSSR count). The third kappa shape index (κ3) is 3.09. The summed E-state index contributed by atoms with van der Waals surface area (Å²) in [7, 11) is 0. The van der Waals surface area contributed by atoms with Gasteiger partial charge in [0.05, 0.1) is 0 Å². The fourth-order valence-corrected chi connectivity index (χ4v) is 3.38. The summed E-state index contributed by atoms with van der Waals surface area (Å²) in [6.07, 6.45) is 0. The Balaban J connectivity index is 1.47. The zero-order valence-corrected chi connectivity index (χ0v) is 14.1. The van der Waals surface area contributed by atoms with E-state index < -0.39 is 0 Å². The molecule has 0 radical (unpaired) electrons. The van der Waals surface area contributed by atoms with Crippen LogP contribution in [0.5, 0.6) is 0 Å². The lowest BCUT2D eigenvalue weighted by Crippen LogP contribution is -2.48. The van der Waals surface area contributed by atoms with Crippen LogP contribution in [0, 0.1) is 12.7 Å². The fourth-order valence-electron chi connectivity index (χ4n) is 3.38. The second-order valence-electron chi connectivity index (χ2n) is 6.53. The van der Waals surface area contributed by atoms with Gasteiger partial charge in [-0.15, -0.1) is 0 Å². The second kappa shape index (κ2) is 6.24. The number of carbonyl (C=O) groups excluding carboxylic acids is 1. The largest absolute Gasteiger partial charge is 0.368 e. The number of fused-ring (bicyclic) bond motifs is 1. The lowest BCUT2D eigenvalue weighted by Gasteiger charge is -2.36. The van der Waals surface area contributed by atoms with Crippen molar-refractivity contribution in [3.05, 3.63) is 65.6 Å². The normalized spacial score (nSPS) is 15.0. The van der Waals surface area contributed by atoms with Gasteiger partial charge >= 0.3 is 0 Å². The first kappa shape index (κ1) is 15.7. The van der Waals surface area contributed by atoms with E-state index in [0.717, 1.165) is 18.5 Å². The molecule has 0 spiro atoms. The Kier molecular flexibility index (Phi) is 3.92. The first-order chi connectivity index (χ1) is 12.1. The zero-order chi connectivity index (χ0) is 17.4. The van der Waals surface area contributed by atoms with Crippen molar-refractivity contribution in [2.75, 3.05) is 31.1 Å². The number of hydrogen-bond acceptors (Lipinski definition) is 2. The maximum atomic E-state index is 13.3. The standard InChI is InChI=1S/C20H20FN3O/c1-14-3-2-4-17(11-14)23-7-9-24(10-8-23)20(25)19-12-15-5-6-16(21)13-18(15)22-19/h2-6,11-13,22H,7-10H2,1H3. The van der Waals surface area contributed by atoms with Crippen molar-refractivity contribution < 1.29 is 9.18 Å². The first-order valence-electron chi connectivity index (χ1n) is 8.49. The molecule has 0 aliphatic carbocycles. The molecule has 4 nitrogen and oxygen atoms in total. The van der Waals surface area contributed by atoms with Crippen LogP contribution in [-0.2, 0) is 0 Å². The quantitative estimate of drug-likeness (QED) is 0.776. The molecule has 0 atom stereocenters. The van der Waals surface area contributed by atoms with Gasteiger partial charge in [-0.3, -0.25) is 4.79 Å². The number of aromatic amines is 1. The Bertz CT molecular complexity index is 926. The number of nitrogens with zero attached hydrogens (tertiary/aromatic N) is 2. The Morgan fingerprint density at radius 2 is 1.84 bits per heavy atom. The minimum absolute atomic E-state index is 0.0273. The topological polar surface area (TPSA) is 39.3 Å². The number of benzene rings is 2. The van der Waals surface area contributed by atoms with Gasteiger partial charge in [-0.1, -0.05) is 12.1 Å². The maximum absolute atomic E-state index is 13.3. The van der Waals surface area contributed by atoms with E-state index in [1.807, 2.05) is 4.90 Å². The van der Waals surface area contributed by atoms with Crippen molar-refractivity contribution in [3.63, 3.8) is 0 Å². The highest BCUT2D eigenvalue weighted by Gasteiger charge is 2.23. The molecule has 1 amide bonds. The number of carbonyl (C=O) groups is 1. The highest BCUT2D eigenvalue weighted by Crippen LogP contribution is 2.21. The van der Waals surface area contributed by atoms with Crippen molar-refractivity contribution in [2.24, 2.45) is 0 Å². The number of aromatic nitrogens is 1. The third-order valence-electron chi connectivity index (χ3n) is 4.75. The van der Waals surface area contributed by atoms with Crippen LogP contribution in [-0.4, -0.2) is 42.0 Å². The van der Waals surface area contributed by atoms with Gasteiger partial charge in [-0.05, 0) is 48.9 Å². The zero-order valence-electron chi connectivity index (χ0n) is 14.1. The minimum atomic E-state index is -0.305. The summed E-state index contributed by atoms with van der Waals surface area (Å²) >= 11 is 0. The van der Waals surface area contributed by atoms with Gasteiger partial charge < -0.3 is 14.8 Å². The lowest BCUT2D eigenvalue weighted by atomic mass is 10.2. The van der Waals surface area contributed by atoms with E-state index in [0.29, 0.717) is 24.3 Å². The highest BCUT2D eigenvalue weighted by atomic mass is 19.1. The summed E-state index contributed by atoms with van der Waals surface area (Å²) in [6, 6.07) is 14.7. The predicted octanol–water partition coefficient (Wildman–Crippen LogP) is 3.58. The SMILES string of the molecule is Cc1cccc(N2CCN(C(=O)c3cc4ccc(F)cc4[nH]3)CC2)c1. The summed E-state index contributed by atoms with van der Waals surface area (Å²) in [5.74, 6) is -0.333. The maximum Gasteiger partial charge on any atom is 0.270 e. The van der Waals surface area contributed by atoms with E-state index in [9.17, 15) is 9.18 Å². The molecule has 0 unspecified atom stereocenters. The number of H-pyrrole nitrogens is 1. The van der Waals surface area contributed by atoms with Gasteiger partial charge in [0.2, 0.25) is 0 Å². The predicted molar refractivity (Wildman–Crippen MR) is 97.6 cm³/mol. The van der Waals surface area contributed by atoms with Crippen molar-refractivity contribution in [1.29, 1.82) is 0 Å². The highest BCUT2D eigenvalue weighted by molar-refractivity contribution is 5.98. The molecule has 2 aromatic carbocycles. The van der Waals surface area contributed by atoms with Gasteiger partial charge in [-0.2, -0.15) is 0 Å². The summed E-state index contributed by atoms with van der Waals surface area (Å²) in [6.45, 7) is 5.06. The molecule has 1 aliphatic heterocycles. The van der Waals surface area contributed by atoms with E-state index in [1.165, 1.54) is 23.4 Å². The molecule has 1 N–H and O–H groups in total. The number of rotatable bonds is 2. The summed E-state index contributed by atoms with van der Waals surface area (Å²) in [4.78, 5) is 19.9. The number of nitrogens with one attached hydrogen (secondary N) is 1. The number of aryl methyl sites for hydroxylation is 1. The Labute approximate surface area is 145 Å². The number of halogens is 1. The van der Waals surface area contributed by atoms with Gasteiger partial charge in [0, 0.05) is 42.8 Å². The molecular formula is C20H20FN3O. The van der Waals surface area contributed by atoms with Crippen molar-refractivity contribution >= 4 is 22.5 Å². The van der Waals surface area contributed by atoms with Crippen LogP contribution in [0.3, 0.4) is 0 Å². The molecule has 0 saturated carbocycles. The molecule has 1 fully saturated rings. The number of amides is 1. The number of anilines is 1. The molecule has 1 aliphatic rings. The molecule has 25 heavy (non-hydrogen) atoms. The van der Waals surface area contributed by atoms with Gasteiger partial charge in [0.15, 0.2) is 0 Å². The van der Waals surface area contributed by atoms with Crippen LogP contribution in [0.2, 0.25) is 0 Å². The van der Waals surface area contributed by atoms with Crippen molar-refractivity contribution in [3.8, 4) is 0 Å². The average Bonchev–Trinajstić information content (AvgIpc) is 3.04.